The van der Waals surface area contributed by atoms with Crippen LogP contribution in [0.3, 0.4) is 0 Å². The summed E-state index contributed by atoms with van der Waals surface area (Å²) in [4.78, 5) is 1.50. The van der Waals surface area contributed by atoms with Gasteiger partial charge in [0.1, 0.15) is 5.82 Å². The average Bonchev–Trinajstić information content (AvgIpc) is 2.66. The molecular formula is C27H34P+. The van der Waals surface area contributed by atoms with Gasteiger partial charge in [-0.3, -0.25) is 0 Å². The van der Waals surface area contributed by atoms with Gasteiger partial charge in [0.25, 0.3) is 0 Å². The van der Waals surface area contributed by atoms with Gasteiger partial charge in [0.2, 0.25) is 0 Å². The first-order chi connectivity index (χ1) is 13.4. The molecule has 1 aliphatic carbocycles. The van der Waals surface area contributed by atoms with Gasteiger partial charge in [-0.1, -0.05) is 55.5 Å². The molecule has 146 valence electrons. The van der Waals surface area contributed by atoms with Crippen LogP contribution in [0.25, 0.3) is 24.0 Å². The molecule has 3 atom stereocenters. The molecule has 0 saturated carbocycles. The van der Waals surface area contributed by atoms with E-state index in [0.717, 1.165) is 5.57 Å². The van der Waals surface area contributed by atoms with E-state index in [4.69, 9.17) is 0 Å². The fraction of sp³-hybridized carbons (Fsp3) is 0.296. The van der Waals surface area contributed by atoms with E-state index in [1.165, 1.54) is 26.6 Å². The van der Waals surface area contributed by atoms with Crippen LogP contribution < -0.4 is 10.2 Å². The lowest BCUT2D eigenvalue weighted by atomic mass is 9.83. The largest absolute Gasteiger partial charge is 0.170 e. The van der Waals surface area contributed by atoms with Gasteiger partial charge in [0.05, 0.1) is 0 Å². The Morgan fingerprint density at radius 1 is 1.18 bits per heavy atom. The van der Waals surface area contributed by atoms with Gasteiger partial charge in [-0.15, -0.1) is 0 Å². The molecule has 0 aliphatic heterocycles. The summed E-state index contributed by atoms with van der Waals surface area (Å²) in [6, 6.07) is 2.36. The minimum atomic E-state index is -0.441. The number of hydrogen-bond donors (Lipinski definition) is 0. The monoisotopic (exact) mass is 389 g/mol. The highest BCUT2D eigenvalue weighted by Gasteiger charge is 2.24. The minimum absolute atomic E-state index is 0.409. The third kappa shape index (κ3) is 5.21. The first-order valence-electron chi connectivity index (χ1n) is 10.1. The molecule has 1 aliphatic rings. The Labute approximate surface area is 172 Å². The summed E-state index contributed by atoms with van der Waals surface area (Å²) >= 11 is 0. The van der Waals surface area contributed by atoms with E-state index in [2.05, 4.69) is 114 Å². The number of rotatable bonds is 6. The SMILES string of the molecule is C=C(C)/C=C\C=C/C(C)C1C=c2c(cc(C)c(/C=C\C)[p+]2/C=C\C)=C/C1=C/C. The van der Waals surface area contributed by atoms with E-state index in [1.807, 2.05) is 6.92 Å². The zero-order valence-electron chi connectivity index (χ0n) is 18.2. The molecule has 3 unspecified atom stereocenters. The van der Waals surface area contributed by atoms with Crippen LogP contribution in [0.5, 0.6) is 0 Å². The second-order valence-electron chi connectivity index (χ2n) is 7.48. The summed E-state index contributed by atoms with van der Waals surface area (Å²) < 4.78 is 0. The van der Waals surface area contributed by atoms with Crippen LogP contribution in [-0.4, -0.2) is 0 Å². The molecular weight excluding hydrogens is 355 g/mol. The van der Waals surface area contributed by atoms with E-state index >= 15 is 0 Å². The Kier molecular flexibility index (Phi) is 8.21. The van der Waals surface area contributed by atoms with Crippen molar-refractivity contribution < 1.29 is 0 Å². The van der Waals surface area contributed by atoms with Crippen LogP contribution in [0.4, 0.5) is 0 Å². The summed E-state index contributed by atoms with van der Waals surface area (Å²) in [6.07, 6.45) is 22.5. The molecule has 1 aromatic rings. The van der Waals surface area contributed by atoms with Crippen LogP contribution in [0.1, 0.15) is 45.5 Å². The predicted octanol–water partition coefficient (Wildman–Crippen LogP) is 7.25. The highest BCUT2D eigenvalue weighted by Crippen LogP contribution is 2.35. The molecule has 1 aromatic heterocycles. The van der Waals surface area contributed by atoms with Gasteiger partial charge >= 0.3 is 0 Å². The van der Waals surface area contributed by atoms with Crippen molar-refractivity contribution in [3.8, 4) is 0 Å². The predicted molar refractivity (Wildman–Crippen MR) is 132 cm³/mol. The lowest BCUT2D eigenvalue weighted by Gasteiger charge is -2.21. The van der Waals surface area contributed by atoms with Gasteiger partial charge < -0.3 is 0 Å². The molecule has 0 bridgehead atoms. The second kappa shape index (κ2) is 10.4. The summed E-state index contributed by atoms with van der Waals surface area (Å²) in [5.41, 5.74) is 3.87. The van der Waals surface area contributed by atoms with Crippen LogP contribution in [-0.2, 0) is 0 Å². The molecule has 1 heteroatoms. The van der Waals surface area contributed by atoms with Crippen molar-refractivity contribution in [2.45, 2.75) is 41.5 Å². The molecule has 28 heavy (non-hydrogen) atoms. The van der Waals surface area contributed by atoms with Crippen LogP contribution in [0.15, 0.2) is 66.3 Å². The maximum atomic E-state index is 3.92. The Hall–Kier alpha value is -2.17. The maximum Gasteiger partial charge on any atom is 0.170 e. The quantitative estimate of drug-likeness (QED) is 0.450. The second-order valence-corrected chi connectivity index (χ2v) is 9.48. The van der Waals surface area contributed by atoms with Crippen LogP contribution in [0.2, 0.25) is 0 Å². The lowest BCUT2D eigenvalue weighted by Crippen LogP contribution is -2.31. The maximum absolute atomic E-state index is 3.92. The summed E-state index contributed by atoms with van der Waals surface area (Å²) in [5, 5.41) is 2.85. The van der Waals surface area contributed by atoms with Gasteiger partial charge in [0.15, 0.2) is 17.8 Å². The van der Waals surface area contributed by atoms with E-state index in [1.54, 1.807) is 0 Å². The molecule has 0 spiro atoms. The molecule has 0 radical (unpaired) electrons. The van der Waals surface area contributed by atoms with Gasteiger partial charge in [-0.2, -0.15) is 0 Å². The lowest BCUT2D eigenvalue weighted by molar-refractivity contribution is 0.621. The normalized spacial score (nSPS) is 20.1. The number of hydrogen-bond acceptors (Lipinski definition) is 0. The van der Waals surface area contributed by atoms with Crippen molar-refractivity contribution in [1.82, 2.24) is 0 Å². The van der Waals surface area contributed by atoms with Crippen LogP contribution >= 0.6 is 7.53 Å². The standard InChI is InChI=1S/C27H34P/c1-8-13-26-22(7)17-24-18-23(10-3)25(19-27(24)28(26)16-9-2)21(6)15-12-11-14-20(4)5/h8-19,21,25H,4H2,1-3,5-7H3/q+1/b13-8-,14-11-,15-12-,16-9-,23-10-. The highest BCUT2D eigenvalue weighted by molar-refractivity contribution is 7.59. The van der Waals surface area contributed by atoms with E-state index < -0.39 is 7.53 Å². The Bertz CT molecular complexity index is 994. The molecule has 0 N–H and O–H groups in total. The molecule has 0 fully saturated rings. The molecule has 2 rings (SSSR count). The smallest absolute Gasteiger partial charge is 0.0961 e. The van der Waals surface area contributed by atoms with E-state index in [9.17, 15) is 0 Å². The Balaban J connectivity index is 2.63. The van der Waals surface area contributed by atoms with Crippen molar-refractivity contribution in [3.05, 3.63) is 87.4 Å². The molecule has 1 heterocycles. The fourth-order valence-corrected chi connectivity index (χ4v) is 6.03. The number of allylic oxidation sites excluding steroid dienone is 9. The number of aryl methyl sites for hydroxylation is 1. The zero-order valence-corrected chi connectivity index (χ0v) is 19.1. The third-order valence-corrected chi connectivity index (χ3v) is 7.61. The molecule has 0 aromatic carbocycles. The van der Waals surface area contributed by atoms with E-state index in [0.29, 0.717) is 11.8 Å². The van der Waals surface area contributed by atoms with Crippen molar-refractivity contribution in [3.63, 3.8) is 0 Å². The first-order valence-corrected chi connectivity index (χ1v) is 11.5. The Morgan fingerprint density at radius 2 is 1.93 bits per heavy atom. The van der Waals surface area contributed by atoms with Gasteiger partial charge in [0, 0.05) is 11.1 Å². The van der Waals surface area contributed by atoms with Crippen LogP contribution in [0, 0.1) is 18.8 Å². The van der Waals surface area contributed by atoms with E-state index in [-0.39, 0.29) is 0 Å². The molecule has 0 amide bonds. The topological polar surface area (TPSA) is 0 Å². The summed E-state index contributed by atoms with van der Waals surface area (Å²) in [7, 11) is -0.441. The highest BCUT2D eigenvalue weighted by atomic mass is 31.1. The third-order valence-electron chi connectivity index (χ3n) is 5.06. The van der Waals surface area contributed by atoms with Crippen molar-refractivity contribution in [2.75, 3.05) is 0 Å². The molecule has 0 nitrogen and oxygen atoms in total. The molecule has 0 saturated heterocycles. The zero-order chi connectivity index (χ0) is 20.7. The number of fused-ring (bicyclic) bond motifs is 1. The van der Waals surface area contributed by atoms with Gasteiger partial charge in [-0.25, -0.2) is 0 Å². The van der Waals surface area contributed by atoms with Gasteiger partial charge in [-0.05, 0) is 82.0 Å². The van der Waals surface area contributed by atoms with Crippen molar-refractivity contribution in [2.24, 2.45) is 11.8 Å². The fourth-order valence-electron chi connectivity index (χ4n) is 3.66. The Morgan fingerprint density at radius 3 is 2.54 bits per heavy atom. The summed E-state index contributed by atoms with van der Waals surface area (Å²) in [5.74, 6) is 3.24. The minimum Gasteiger partial charge on any atom is -0.0961 e. The average molecular weight is 390 g/mol. The van der Waals surface area contributed by atoms with Crippen molar-refractivity contribution >= 4 is 31.6 Å². The first kappa shape index (κ1) is 22.1. The summed E-state index contributed by atoms with van der Waals surface area (Å²) in [6.45, 7) is 16.9. The van der Waals surface area contributed by atoms with Crippen molar-refractivity contribution in [1.29, 1.82) is 0 Å².